The second-order valence-corrected chi connectivity index (χ2v) is 3.60. The molecule has 0 N–H and O–H groups in total. The lowest BCUT2D eigenvalue weighted by Crippen LogP contribution is -2.10. The number of nitrogens with zero attached hydrogens (tertiary/aromatic N) is 2. The Hall–Kier alpha value is -0.920. The predicted octanol–water partition coefficient (Wildman–Crippen LogP) is 2.31. The Bertz CT molecular complexity index is 252. The molecule has 0 unspecified atom stereocenters. The molecule has 2 nitrogen and oxygen atoms in total. The van der Waals surface area contributed by atoms with Gasteiger partial charge in [0.15, 0.2) is 0 Å². The van der Waals surface area contributed by atoms with Crippen molar-refractivity contribution >= 4 is 0 Å². The molecule has 0 amide bonds. The van der Waals surface area contributed by atoms with Gasteiger partial charge in [-0.1, -0.05) is 13.3 Å². The fourth-order valence-electron chi connectivity index (χ4n) is 1.79. The van der Waals surface area contributed by atoms with Crippen molar-refractivity contribution < 1.29 is 0 Å². The highest BCUT2D eigenvalue weighted by Gasteiger charge is 2.45. The minimum atomic E-state index is 0.371. The summed E-state index contributed by atoms with van der Waals surface area (Å²) < 4.78 is 0. The average Bonchev–Trinajstić information content (AvgIpc) is 2.88. The first-order valence-corrected chi connectivity index (χ1v) is 4.65. The van der Waals surface area contributed by atoms with Crippen molar-refractivity contribution in [2.45, 2.75) is 38.0 Å². The van der Waals surface area contributed by atoms with Crippen LogP contribution >= 0.6 is 0 Å². The quantitative estimate of drug-likeness (QED) is 0.681. The van der Waals surface area contributed by atoms with Crippen LogP contribution in [0.1, 0.15) is 38.4 Å². The molecule has 1 heterocycles. The van der Waals surface area contributed by atoms with Gasteiger partial charge in [0.2, 0.25) is 0 Å². The standard InChI is InChI=1S/C10H14N2/c1-2-4-10(5-6-10)9-11-7-3-8-12-9/h3,7-8H,2,4-6H2,1H3. The summed E-state index contributed by atoms with van der Waals surface area (Å²) >= 11 is 0. The molecular formula is C10H14N2. The Labute approximate surface area is 73.1 Å². The first-order chi connectivity index (χ1) is 5.87. The molecule has 0 aliphatic heterocycles. The van der Waals surface area contributed by atoms with E-state index in [1.165, 1.54) is 25.7 Å². The lowest BCUT2D eigenvalue weighted by Gasteiger charge is -2.10. The Kier molecular flexibility index (Phi) is 1.83. The molecule has 1 aromatic heterocycles. The molecule has 1 aliphatic rings. The van der Waals surface area contributed by atoms with E-state index in [1.807, 2.05) is 18.5 Å². The zero-order valence-electron chi connectivity index (χ0n) is 7.45. The third-order valence-electron chi connectivity index (χ3n) is 2.62. The molecule has 0 saturated heterocycles. The molecule has 1 fully saturated rings. The molecule has 0 radical (unpaired) electrons. The van der Waals surface area contributed by atoms with Gasteiger partial charge in [-0.25, -0.2) is 9.97 Å². The van der Waals surface area contributed by atoms with E-state index in [0.717, 1.165) is 5.82 Å². The van der Waals surface area contributed by atoms with E-state index in [2.05, 4.69) is 16.9 Å². The Balaban J connectivity index is 2.19. The molecular weight excluding hydrogens is 148 g/mol. The summed E-state index contributed by atoms with van der Waals surface area (Å²) in [7, 11) is 0. The van der Waals surface area contributed by atoms with Gasteiger partial charge in [0.25, 0.3) is 0 Å². The van der Waals surface area contributed by atoms with E-state index in [9.17, 15) is 0 Å². The Morgan fingerprint density at radius 3 is 2.50 bits per heavy atom. The van der Waals surface area contributed by atoms with Crippen LogP contribution in [0.15, 0.2) is 18.5 Å². The van der Waals surface area contributed by atoms with Gasteiger partial charge in [-0.3, -0.25) is 0 Å². The van der Waals surface area contributed by atoms with Gasteiger partial charge in [0.05, 0.1) is 0 Å². The summed E-state index contributed by atoms with van der Waals surface area (Å²) in [6, 6.07) is 1.88. The minimum absolute atomic E-state index is 0.371. The highest BCUT2D eigenvalue weighted by Crippen LogP contribution is 2.49. The van der Waals surface area contributed by atoms with Crippen molar-refractivity contribution in [3.05, 3.63) is 24.3 Å². The summed E-state index contributed by atoms with van der Waals surface area (Å²) in [5.74, 6) is 1.06. The number of aromatic nitrogens is 2. The van der Waals surface area contributed by atoms with Crippen molar-refractivity contribution in [3.8, 4) is 0 Å². The minimum Gasteiger partial charge on any atom is -0.241 e. The summed E-state index contributed by atoms with van der Waals surface area (Å²) in [5, 5.41) is 0. The van der Waals surface area contributed by atoms with Crippen LogP contribution < -0.4 is 0 Å². The molecule has 0 atom stereocenters. The lowest BCUT2D eigenvalue weighted by molar-refractivity contribution is 0.569. The van der Waals surface area contributed by atoms with Gasteiger partial charge in [-0.2, -0.15) is 0 Å². The molecule has 64 valence electrons. The normalized spacial score (nSPS) is 19.1. The van der Waals surface area contributed by atoms with E-state index in [4.69, 9.17) is 0 Å². The largest absolute Gasteiger partial charge is 0.241 e. The fourth-order valence-corrected chi connectivity index (χ4v) is 1.79. The van der Waals surface area contributed by atoms with Crippen LogP contribution in [0, 0.1) is 0 Å². The van der Waals surface area contributed by atoms with Crippen molar-refractivity contribution in [3.63, 3.8) is 0 Å². The maximum absolute atomic E-state index is 4.32. The SMILES string of the molecule is CCCC1(c2ncccn2)CC1. The van der Waals surface area contributed by atoms with Crippen LogP contribution in [0.25, 0.3) is 0 Å². The summed E-state index contributed by atoms with van der Waals surface area (Å²) in [5.41, 5.74) is 0.371. The third kappa shape index (κ3) is 1.22. The first kappa shape index (κ1) is 7.71. The monoisotopic (exact) mass is 162 g/mol. The average molecular weight is 162 g/mol. The predicted molar refractivity (Wildman–Crippen MR) is 47.9 cm³/mol. The molecule has 0 bridgehead atoms. The molecule has 1 aromatic rings. The van der Waals surface area contributed by atoms with Crippen LogP contribution in [0.4, 0.5) is 0 Å². The van der Waals surface area contributed by atoms with Crippen LogP contribution in [0.5, 0.6) is 0 Å². The summed E-state index contributed by atoms with van der Waals surface area (Å²) in [4.78, 5) is 8.64. The smallest absolute Gasteiger partial charge is 0.134 e. The van der Waals surface area contributed by atoms with E-state index in [1.54, 1.807) is 0 Å². The molecule has 1 aliphatic carbocycles. The molecule has 2 heteroatoms. The van der Waals surface area contributed by atoms with Crippen LogP contribution in [-0.2, 0) is 5.41 Å². The highest BCUT2D eigenvalue weighted by molar-refractivity contribution is 5.16. The van der Waals surface area contributed by atoms with E-state index in [0.29, 0.717) is 5.41 Å². The van der Waals surface area contributed by atoms with Crippen molar-refractivity contribution in [1.82, 2.24) is 9.97 Å². The van der Waals surface area contributed by atoms with E-state index in [-0.39, 0.29) is 0 Å². The topological polar surface area (TPSA) is 25.8 Å². The van der Waals surface area contributed by atoms with Crippen LogP contribution in [0.2, 0.25) is 0 Å². The van der Waals surface area contributed by atoms with E-state index >= 15 is 0 Å². The molecule has 1 saturated carbocycles. The second-order valence-electron chi connectivity index (χ2n) is 3.60. The first-order valence-electron chi connectivity index (χ1n) is 4.65. The van der Waals surface area contributed by atoms with Gasteiger partial charge >= 0.3 is 0 Å². The van der Waals surface area contributed by atoms with Gasteiger partial charge in [-0.05, 0) is 25.3 Å². The maximum Gasteiger partial charge on any atom is 0.134 e. The Morgan fingerprint density at radius 1 is 1.33 bits per heavy atom. The molecule has 12 heavy (non-hydrogen) atoms. The van der Waals surface area contributed by atoms with Crippen LogP contribution in [-0.4, -0.2) is 9.97 Å². The van der Waals surface area contributed by atoms with Gasteiger partial charge in [0, 0.05) is 17.8 Å². The van der Waals surface area contributed by atoms with Crippen molar-refractivity contribution in [1.29, 1.82) is 0 Å². The van der Waals surface area contributed by atoms with Crippen molar-refractivity contribution in [2.24, 2.45) is 0 Å². The second kappa shape index (κ2) is 2.85. The summed E-state index contributed by atoms with van der Waals surface area (Å²) in [6.07, 6.45) is 8.74. The molecule has 0 spiro atoms. The number of hydrogen-bond acceptors (Lipinski definition) is 2. The van der Waals surface area contributed by atoms with Gasteiger partial charge in [0.1, 0.15) is 5.82 Å². The molecule has 0 aromatic carbocycles. The van der Waals surface area contributed by atoms with Gasteiger partial charge < -0.3 is 0 Å². The van der Waals surface area contributed by atoms with Gasteiger partial charge in [-0.15, -0.1) is 0 Å². The third-order valence-corrected chi connectivity index (χ3v) is 2.62. The van der Waals surface area contributed by atoms with E-state index < -0.39 is 0 Å². The number of rotatable bonds is 3. The summed E-state index contributed by atoms with van der Waals surface area (Å²) in [6.45, 7) is 2.23. The Morgan fingerprint density at radius 2 is 2.00 bits per heavy atom. The number of hydrogen-bond donors (Lipinski definition) is 0. The maximum atomic E-state index is 4.32. The molecule has 2 rings (SSSR count). The lowest BCUT2D eigenvalue weighted by atomic mass is 10.00. The zero-order valence-corrected chi connectivity index (χ0v) is 7.45. The van der Waals surface area contributed by atoms with Crippen molar-refractivity contribution in [2.75, 3.05) is 0 Å². The zero-order chi connectivity index (χ0) is 8.44. The fraction of sp³-hybridized carbons (Fsp3) is 0.600. The van der Waals surface area contributed by atoms with Crippen LogP contribution in [0.3, 0.4) is 0 Å². The highest BCUT2D eigenvalue weighted by atomic mass is 14.9.